The number of carbonyl (C=O) groups excluding carboxylic acids is 1. The Kier molecular flexibility index (Phi) is 15.1. The summed E-state index contributed by atoms with van der Waals surface area (Å²) in [5.74, 6) is -2.31. The summed E-state index contributed by atoms with van der Waals surface area (Å²) in [6, 6.07) is 15.8. The maximum Gasteiger partial charge on any atom is 0.468 e. The van der Waals surface area contributed by atoms with Gasteiger partial charge in [-0.25, -0.2) is 9.79 Å². The number of ether oxygens (including phenoxy) is 6. The third-order valence-electron chi connectivity index (χ3n) is 6.84. The van der Waals surface area contributed by atoms with Gasteiger partial charge in [-0.1, -0.05) is 76.4 Å². The Hall–Kier alpha value is -2.99. The first kappa shape index (κ1) is 35.5. The zero-order valence-corrected chi connectivity index (χ0v) is 25.7. The molecule has 0 radical (unpaired) electrons. The second-order valence-electron chi connectivity index (χ2n) is 10.5. The lowest BCUT2D eigenvalue weighted by Gasteiger charge is -2.45. The summed E-state index contributed by atoms with van der Waals surface area (Å²) in [6.45, 7) is 7.07. The highest BCUT2D eigenvalue weighted by Gasteiger charge is 2.53. The number of nitrogens with zero attached hydrogens (tertiary/aromatic N) is 1. The molecule has 1 aliphatic heterocycles. The highest BCUT2D eigenvalue weighted by atomic mass is 19.4. The average Bonchev–Trinajstić information content (AvgIpc) is 3.02. The molecule has 1 fully saturated rings. The maximum atomic E-state index is 14.3. The zero-order valence-electron chi connectivity index (χ0n) is 25.7. The molecule has 244 valence electrons. The van der Waals surface area contributed by atoms with Crippen molar-refractivity contribution in [2.45, 2.75) is 96.2 Å². The number of hydrogen-bond acceptors (Lipinski definition) is 8. The van der Waals surface area contributed by atoms with Crippen LogP contribution >= 0.6 is 0 Å². The number of para-hydroxylation sites is 1. The van der Waals surface area contributed by atoms with E-state index in [0.29, 0.717) is 19.6 Å². The molecule has 8 nitrogen and oxygen atoms in total. The Balaban J connectivity index is 2.04. The number of hydrogen-bond donors (Lipinski definition) is 0. The summed E-state index contributed by atoms with van der Waals surface area (Å²) < 4.78 is 78.9. The highest BCUT2D eigenvalue weighted by Crippen LogP contribution is 2.33. The molecule has 0 bridgehead atoms. The van der Waals surface area contributed by atoms with E-state index in [-0.39, 0.29) is 24.5 Å². The summed E-state index contributed by atoms with van der Waals surface area (Å²) in [6.07, 6.45) is -6.08. The molecule has 0 aliphatic carbocycles. The molecule has 1 saturated heterocycles. The average molecular weight is 624 g/mol. The third-order valence-corrected chi connectivity index (χ3v) is 6.84. The SMILES string of the molecule is CCCCOCC1O[C@@H](OC(=Nc2ccccc2)C(F)(F)F)C(OC(=O)c2ccccc2)[C@@H](OCCCC)[C@@H]1OCCCC. The Morgan fingerprint density at radius 1 is 0.773 bits per heavy atom. The summed E-state index contributed by atoms with van der Waals surface area (Å²) in [4.78, 5) is 17.0. The molecular weight excluding hydrogens is 579 g/mol. The fourth-order valence-corrected chi connectivity index (χ4v) is 4.45. The van der Waals surface area contributed by atoms with E-state index in [2.05, 4.69) is 4.99 Å². The van der Waals surface area contributed by atoms with Crippen LogP contribution in [-0.4, -0.2) is 75.2 Å². The van der Waals surface area contributed by atoms with Crippen molar-refractivity contribution in [3.8, 4) is 0 Å². The molecule has 1 heterocycles. The molecule has 0 aromatic heterocycles. The Morgan fingerprint density at radius 2 is 1.34 bits per heavy atom. The zero-order chi connectivity index (χ0) is 31.8. The predicted octanol–water partition coefficient (Wildman–Crippen LogP) is 7.43. The normalized spacial score (nSPS) is 22.5. The van der Waals surface area contributed by atoms with Crippen LogP contribution in [0.25, 0.3) is 0 Å². The highest BCUT2D eigenvalue weighted by molar-refractivity contribution is 5.89. The number of aliphatic imine (C=N–C) groups is 1. The number of halogens is 3. The van der Waals surface area contributed by atoms with Crippen LogP contribution in [0.3, 0.4) is 0 Å². The van der Waals surface area contributed by atoms with Gasteiger partial charge in [0.2, 0.25) is 6.29 Å². The Morgan fingerprint density at radius 3 is 1.93 bits per heavy atom. The molecular formula is C33H44F3NO7. The molecule has 44 heavy (non-hydrogen) atoms. The molecule has 11 heteroatoms. The van der Waals surface area contributed by atoms with Gasteiger partial charge < -0.3 is 28.4 Å². The van der Waals surface area contributed by atoms with Crippen LogP contribution in [0.1, 0.15) is 69.7 Å². The van der Waals surface area contributed by atoms with Crippen molar-refractivity contribution in [2.75, 3.05) is 26.4 Å². The molecule has 5 atom stereocenters. The van der Waals surface area contributed by atoms with Gasteiger partial charge in [-0.2, -0.15) is 13.2 Å². The first-order valence-electron chi connectivity index (χ1n) is 15.4. The molecule has 0 amide bonds. The first-order valence-corrected chi connectivity index (χ1v) is 15.4. The van der Waals surface area contributed by atoms with Gasteiger partial charge in [0.25, 0.3) is 5.90 Å². The van der Waals surface area contributed by atoms with E-state index in [4.69, 9.17) is 28.4 Å². The van der Waals surface area contributed by atoms with Crippen molar-refractivity contribution >= 4 is 17.6 Å². The van der Waals surface area contributed by atoms with Gasteiger partial charge in [-0.3, -0.25) is 0 Å². The van der Waals surface area contributed by atoms with E-state index in [0.717, 1.165) is 32.1 Å². The number of alkyl halides is 3. The van der Waals surface area contributed by atoms with E-state index < -0.39 is 48.7 Å². The van der Waals surface area contributed by atoms with Crippen molar-refractivity contribution in [1.82, 2.24) is 0 Å². The van der Waals surface area contributed by atoms with E-state index in [1.165, 1.54) is 12.1 Å². The van der Waals surface area contributed by atoms with Gasteiger partial charge in [0, 0.05) is 19.8 Å². The lowest BCUT2D eigenvalue weighted by atomic mass is 9.98. The lowest BCUT2D eigenvalue weighted by Crippen LogP contribution is -2.63. The van der Waals surface area contributed by atoms with Crippen LogP contribution in [0.5, 0.6) is 0 Å². The van der Waals surface area contributed by atoms with Gasteiger partial charge in [0.1, 0.15) is 18.3 Å². The van der Waals surface area contributed by atoms with Crippen molar-refractivity contribution in [2.24, 2.45) is 4.99 Å². The molecule has 0 saturated carbocycles. The summed E-state index contributed by atoms with van der Waals surface area (Å²) in [5, 5.41) is 0. The van der Waals surface area contributed by atoms with Gasteiger partial charge in [-0.05, 0) is 43.5 Å². The van der Waals surface area contributed by atoms with E-state index in [9.17, 15) is 18.0 Å². The number of carbonyl (C=O) groups is 1. The van der Waals surface area contributed by atoms with Crippen LogP contribution < -0.4 is 0 Å². The molecule has 2 aromatic carbocycles. The van der Waals surface area contributed by atoms with Gasteiger partial charge in [0.15, 0.2) is 6.10 Å². The van der Waals surface area contributed by atoms with E-state index >= 15 is 0 Å². The van der Waals surface area contributed by atoms with Crippen LogP contribution in [0, 0.1) is 0 Å². The topological polar surface area (TPSA) is 84.8 Å². The second kappa shape index (κ2) is 18.7. The first-order chi connectivity index (χ1) is 21.3. The van der Waals surface area contributed by atoms with E-state index in [1.54, 1.807) is 48.5 Å². The number of rotatable bonds is 17. The molecule has 3 rings (SSSR count). The molecule has 1 aliphatic rings. The molecule has 2 unspecified atom stereocenters. The van der Waals surface area contributed by atoms with Gasteiger partial charge in [-0.15, -0.1) is 0 Å². The fourth-order valence-electron chi connectivity index (χ4n) is 4.45. The minimum Gasteiger partial charge on any atom is -0.449 e. The minimum absolute atomic E-state index is 0.0147. The van der Waals surface area contributed by atoms with Crippen molar-refractivity contribution in [3.63, 3.8) is 0 Å². The fraction of sp³-hybridized carbons (Fsp3) is 0.576. The summed E-state index contributed by atoms with van der Waals surface area (Å²) >= 11 is 0. The van der Waals surface area contributed by atoms with Crippen LogP contribution in [0.4, 0.5) is 18.9 Å². The van der Waals surface area contributed by atoms with E-state index in [1.807, 2.05) is 20.8 Å². The Bertz CT molecular complexity index is 1120. The van der Waals surface area contributed by atoms with Gasteiger partial charge in [0.05, 0.1) is 17.9 Å². The maximum absolute atomic E-state index is 14.3. The van der Waals surface area contributed by atoms with Crippen LogP contribution in [0.2, 0.25) is 0 Å². The number of benzene rings is 2. The molecule has 2 aromatic rings. The van der Waals surface area contributed by atoms with Crippen LogP contribution in [0.15, 0.2) is 65.7 Å². The summed E-state index contributed by atoms with van der Waals surface area (Å²) in [7, 11) is 0. The standard InChI is InChI=1S/C33H44F3NO7/c1-4-7-20-39-23-26-27(40-21-8-5-2)28(41-22-9-6-3)29(43-30(38)24-16-12-10-13-17-24)31(42-26)44-32(33(34,35)36)37-25-18-14-11-15-19-25/h10-19,26-29,31H,4-9,20-23H2,1-3H3/t26?,27-,28+,29?,31+/m1/s1. The smallest absolute Gasteiger partial charge is 0.449 e. The van der Waals surface area contributed by atoms with Crippen molar-refractivity contribution in [3.05, 3.63) is 66.2 Å². The predicted molar refractivity (Wildman–Crippen MR) is 160 cm³/mol. The molecule has 0 spiro atoms. The largest absolute Gasteiger partial charge is 0.468 e. The van der Waals surface area contributed by atoms with Crippen LogP contribution in [-0.2, 0) is 28.4 Å². The van der Waals surface area contributed by atoms with Crippen molar-refractivity contribution < 1.29 is 46.4 Å². The monoisotopic (exact) mass is 623 g/mol. The van der Waals surface area contributed by atoms with Crippen molar-refractivity contribution in [1.29, 1.82) is 0 Å². The molecule has 0 N–H and O–H groups in total. The number of unbranched alkanes of at least 4 members (excludes halogenated alkanes) is 3. The summed E-state index contributed by atoms with van der Waals surface area (Å²) in [5.41, 5.74) is 0.241. The number of esters is 1. The third kappa shape index (κ3) is 11.2. The quantitative estimate of drug-likeness (QED) is 0.0784. The minimum atomic E-state index is -4.98. The van der Waals surface area contributed by atoms with Gasteiger partial charge >= 0.3 is 12.1 Å². The Labute approximate surface area is 257 Å². The lowest BCUT2D eigenvalue weighted by molar-refractivity contribution is -0.301. The second-order valence-corrected chi connectivity index (χ2v) is 10.5.